The van der Waals surface area contributed by atoms with Gasteiger partial charge in [0.05, 0.1) is 21.1 Å². The molecular weight excluding hydrogens is 396 g/mol. The second-order valence-corrected chi connectivity index (χ2v) is 8.17. The van der Waals surface area contributed by atoms with Gasteiger partial charge in [-0.15, -0.1) is 0 Å². The maximum atomic E-state index is 6.50. The van der Waals surface area contributed by atoms with Crippen molar-refractivity contribution in [2.24, 2.45) is 0 Å². The van der Waals surface area contributed by atoms with Crippen LogP contribution in [-0.4, -0.2) is 4.57 Å². The summed E-state index contributed by atoms with van der Waals surface area (Å²) in [6, 6.07) is 7.46. The van der Waals surface area contributed by atoms with E-state index in [1.54, 1.807) is 12.1 Å². The number of rotatable bonds is 7. The summed E-state index contributed by atoms with van der Waals surface area (Å²) in [6.07, 6.45) is 7.47. The van der Waals surface area contributed by atoms with Crippen molar-refractivity contribution in [1.82, 2.24) is 4.57 Å². The third kappa shape index (κ3) is 4.06. The van der Waals surface area contributed by atoms with E-state index in [9.17, 15) is 0 Å². The van der Waals surface area contributed by atoms with E-state index in [4.69, 9.17) is 46.4 Å². The van der Waals surface area contributed by atoms with Gasteiger partial charge in [-0.05, 0) is 30.7 Å². The van der Waals surface area contributed by atoms with Crippen LogP contribution in [0.25, 0.3) is 21.8 Å². The monoisotopic (exact) mass is 415 g/mol. The highest BCUT2D eigenvalue weighted by Crippen LogP contribution is 2.41. The first-order valence-corrected chi connectivity index (χ1v) is 10.3. The Kier molecular flexibility index (Phi) is 6.44. The van der Waals surface area contributed by atoms with Crippen LogP contribution >= 0.6 is 46.4 Å². The second-order valence-electron chi connectivity index (χ2n) is 6.48. The van der Waals surface area contributed by atoms with E-state index in [1.165, 1.54) is 32.1 Å². The van der Waals surface area contributed by atoms with E-state index in [2.05, 4.69) is 11.5 Å². The van der Waals surface area contributed by atoms with Crippen molar-refractivity contribution in [3.8, 4) is 0 Å². The van der Waals surface area contributed by atoms with Crippen LogP contribution in [0.15, 0.2) is 24.3 Å². The van der Waals surface area contributed by atoms with Gasteiger partial charge in [-0.2, -0.15) is 0 Å². The summed E-state index contributed by atoms with van der Waals surface area (Å²) in [5.74, 6) is 0. The van der Waals surface area contributed by atoms with Crippen LogP contribution in [0.1, 0.15) is 45.4 Å². The first kappa shape index (κ1) is 19.2. The number of nitrogens with zero attached hydrogens (tertiary/aromatic N) is 1. The molecule has 1 nitrogen and oxygen atoms in total. The molecule has 0 fully saturated rings. The van der Waals surface area contributed by atoms with Crippen molar-refractivity contribution in [2.75, 3.05) is 0 Å². The predicted molar refractivity (Wildman–Crippen MR) is 113 cm³/mol. The lowest BCUT2D eigenvalue weighted by Crippen LogP contribution is -1.98. The first-order chi connectivity index (χ1) is 12.0. The van der Waals surface area contributed by atoms with Crippen LogP contribution in [0.5, 0.6) is 0 Å². The minimum Gasteiger partial charge on any atom is -0.340 e. The molecule has 3 rings (SSSR count). The van der Waals surface area contributed by atoms with E-state index in [0.29, 0.717) is 20.1 Å². The van der Waals surface area contributed by atoms with Crippen LogP contribution in [-0.2, 0) is 6.54 Å². The zero-order valence-corrected chi connectivity index (χ0v) is 17.2. The smallest absolute Gasteiger partial charge is 0.0521 e. The van der Waals surface area contributed by atoms with E-state index in [0.717, 1.165) is 34.8 Å². The molecule has 1 aromatic heterocycles. The largest absolute Gasteiger partial charge is 0.340 e. The molecule has 0 saturated carbocycles. The molecule has 0 N–H and O–H groups in total. The average molecular weight is 417 g/mol. The molecule has 1 heterocycles. The molecule has 0 unspecified atom stereocenters. The number of aryl methyl sites for hydroxylation is 1. The number of aromatic nitrogens is 1. The van der Waals surface area contributed by atoms with Gasteiger partial charge in [0, 0.05) is 27.4 Å². The minimum atomic E-state index is 0.624. The number of hydrogen-bond acceptors (Lipinski definition) is 0. The summed E-state index contributed by atoms with van der Waals surface area (Å²) in [5.41, 5.74) is 2.04. The van der Waals surface area contributed by atoms with Crippen molar-refractivity contribution in [3.05, 3.63) is 44.4 Å². The molecule has 2 aromatic carbocycles. The number of unbranched alkanes of at least 4 members (excludes halogenated alkanes) is 5. The topological polar surface area (TPSA) is 4.93 Å². The fraction of sp³-hybridized carbons (Fsp3) is 0.400. The van der Waals surface area contributed by atoms with Gasteiger partial charge in [-0.25, -0.2) is 0 Å². The van der Waals surface area contributed by atoms with Crippen molar-refractivity contribution in [2.45, 2.75) is 52.0 Å². The summed E-state index contributed by atoms with van der Waals surface area (Å²) in [7, 11) is 0. The lowest BCUT2D eigenvalue weighted by Gasteiger charge is -2.08. The Morgan fingerprint density at radius 2 is 1.16 bits per heavy atom. The standard InChI is InChI=1S/C20H21Cl4N/c1-2-3-4-5-6-7-8-25-17-11-13(21)9-15(23)19(17)20-16(24)10-14(22)12-18(20)25/h9-12H,2-8H2,1H3. The average Bonchev–Trinajstić information content (AvgIpc) is 2.85. The fourth-order valence-electron chi connectivity index (χ4n) is 3.46. The highest BCUT2D eigenvalue weighted by molar-refractivity contribution is 6.45. The molecule has 5 heteroatoms. The Balaban J connectivity index is 2.02. The van der Waals surface area contributed by atoms with Crippen LogP contribution in [0.3, 0.4) is 0 Å². The predicted octanol–water partition coefficient (Wildman–Crippen LogP) is 8.77. The lowest BCUT2D eigenvalue weighted by atomic mass is 10.1. The van der Waals surface area contributed by atoms with Gasteiger partial charge in [0.2, 0.25) is 0 Å². The Bertz CT molecular complexity index is 833. The van der Waals surface area contributed by atoms with E-state index in [-0.39, 0.29) is 0 Å². The normalized spacial score (nSPS) is 11.7. The fourth-order valence-corrected chi connectivity index (χ4v) is 4.62. The quantitative estimate of drug-likeness (QED) is 0.339. The molecule has 0 aliphatic rings. The molecule has 0 aliphatic heterocycles. The Morgan fingerprint density at radius 1 is 0.680 bits per heavy atom. The molecule has 0 aliphatic carbocycles. The van der Waals surface area contributed by atoms with Crippen molar-refractivity contribution >= 4 is 68.2 Å². The minimum absolute atomic E-state index is 0.624. The van der Waals surface area contributed by atoms with Gasteiger partial charge < -0.3 is 4.57 Å². The van der Waals surface area contributed by atoms with Gasteiger partial charge in [-0.3, -0.25) is 0 Å². The molecule has 3 aromatic rings. The van der Waals surface area contributed by atoms with E-state index >= 15 is 0 Å². The van der Waals surface area contributed by atoms with Crippen molar-refractivity contribution in [1.29, 1.82) is 0 Å². The summed E-state index contributed by atoms with van der Waals surface area (Å²) in [6.45, 7) is 3.14. The van der Waals surface area contributed by atoms with E-state index in [1.807, 2.05) is 12.1 Å². The number of benzene rings is 2. The molecule has 0 spiro atoms. The summed E-state index contributed by atoms with van der Waals surface area (Å²) >= 11 is 25.5. The second kappa shape index (κ2) is 8.39. The molecule has 0 amide bonds. The van der Waals surface area contributed by atoms with Crippen LogP contribution < -0.4 is 0 Å². The van der Waals surface area contributed by atoms with Crippen LogP contribution in [0.4, 0.5) is 0 Å². The zero-order chi connectivity index (χ0) is 18.0. The molecule has 0 atom stereocenters. The lowest BCUT2D eigenvalue weighted by molar-refractivity contribution is 0.571. The number of fused-ring (bicyclic) bond motifs is 3. The molecule has 0 bridgehead atoms. The zero-order valence-electron chi connectivity index (χ0n) is 14.2. The molecule has 25 heavy (non-hydrogen) atoms. The summed E-state index contributed by atoms with van der Waals surface area (Å²) in [5, 5.41) is 4.41. The van der Waals surface area contributed by atoms with Gasteiger partial charge in [0.15, 0.2) is 0 Å². The van der Waals surface area contributed by atoms with E-state index < -0.39 is 0 Å². The van der Waals surface area contributed by atoms with Crippen LogP contribution in [0, 0.1) is 0 Å². The Hall–Kier alpha value is -0.600. The molecule has 0 radical (unpaired) electrons. The third-order valence-electron chi connectivity index (χ3n) is 4.64. The highest BCUT2D eigenvalue weighted by atomic mass is 35.5. The number of hydrogen-bond donors (Lipinski definition) is 0. The summed E-state index contributed by atoms with van der Waals surface area (Å²) < 4.78 is 2.25. The highest BCUT2D eigenvalue weighted by Gasteiger charge is 2.17. The van der Waals surface area contributed by atoms with Crippen LogP contribution in [0.2, 0.25) is 20.1 Å². The third-order valence-corrected chi connectivity index (χ3v) is 5.67. The first-order valence-electron chi connectivity index (χ1n) is 8.79. The Morgan fingerprint density at radius 3 is 1.68 bits per heavy atom. The maximum absolute atomic E-state index is 6.50. The summed E-state index contributed by atoms with van der Waals surface area (Å²) in [4.78, 5) is 0. The van der Waals surface area contributed by atoms with Gasteiger partial charge in [-0.1, -0.05) is 85.4 Å². The van der Waals surface area contributed by atoms with Gasteiger partial charge in [0.1, 0.15) is 0 Å². The van der Waals surface area contributed by atoms with Gasteiger partial charge >= 0.3 is 0 Å². The SMILES string of the molecule is CCCCCCCCn1c2cc(Cl)cc(Cl)c2c2c(Cl)cc(Cl)cc21. The molecular formula is C20H21Cl4N. The van der Waals surface area contributed by atoms with Gasteiger partial charge in [0.25, 0.3) is 0 Å². The van der Waals surface area contributed by atoms with Crippen molar-refractivity contribution in [3.63, 3.8) is 0 Å². The molecule has 134 valence electrons. The maximum Gasteiger partial charge on any atom is 0.0521 e. The Labute approximate surface area is 168 Å². The number of halogens is 4. The van der Waals surface area contributed by atoms with Crippen molar-refractivity contribution < 1.29 is 0 Å². The molecule has 0 saturated heterocycles.